The Balaban J connectivity index is 2.05. The van der Waals surface area contributed by atoms with Gasteiger partial charge in [-0.25, -0.2) is 4.98 Å². The van der Waals surface area contributed by atoms with Gasteiger partial charge in [0.1, 0.15) is 17.5 Å². The van der Waals surface area contributed by atoms with Crippen molar-refractivity contribution in [3.05, 3.63) is 16.1 Å². The fourth-order valence-corrected chi connectivity index (χ4v) is 5.67. The Kier molecular flexibility index (Phi) is 15.8. The second-order valence-electron chi connectivity index (χ2n) is 11.6. The third-order valence-corrected chi connectivity index (χ3v) is 9.07. The molecular formula is C31H51N5O6S. The maximum absolute atomic E-state index is 13.9. The van der Waals surface area contributed by atoms with Gasteiger partial charge >= 0.3 is 5.97 Å². The predicted octanol–water partition coefficient (Wildman–Crippen LogP) is 3.57. The Labute approximate surface area is 260 Å². The van der Waals surface area contributed by atoms with E-state index >= 15 is 0 Å². The van der Waals surface area contributed by atoms with Gasteiger partial charge in [0, 0.05) is 37.2 Å². The van der Waals surface area contributed by atoms with Gasteiger partial charge in [-0.2, -0.15) is 0 Å². The molecule has 0 radical (unpaired) electrons. The maximum Gasteiger partial charge on any atom is 0.307 e. The molecule has 2 rings (SSSR count). The zero-order chi connectivity index (χ0) is 31.9. The van der Waals surface area contributed by atoms with E-state index in [1.807, 2.05) is 39.6 Å². The number of hydrogen-bond donors (Lipinski definition) is 2. The van der Waals surface area contributed by atoms with Gasteiger partial charge in [-0.3, -0.25) is 28.9 Å². The lowest BCUT2D eigenvalue weighted by Gasteiger charge is -2.35. The number of carbonyl (C=O) groups excluding carboxylic acids is 5. The minimum atomic E-state index is -0.737. The molecule has 3 amide bonds. The number of aromatic nitrogens is 1. The second kappa shape index (κ2) is 18.7. The average molecular weight is 622 g/mol. The van der Waals surface area contributed by atoms with Crippen LogP contribution in [-0.2, 0) is 30.3 Å². The lowest BCUT2D eigenvalue weighted by atomic mass is 9.96. The highest BCUT2D eigenvalue weighted by Gasteiger charge is 2.34. The number of amides is 3. The van der Waals surface area contributed by atoms with Crippen LogP contribution < -0.4 is 10.6 Å². The van der Waals surface area contributed by atoms with Crippen molar-refractivity contribution in [2.75, 3.05) is 33.4 Å². The number of likely N-dealkylation sites (tertiary alicyclic amines) is 1. The Bertz CT molecular complexity index is 1080. The second-order valence-corrected chi connectivity index (χ2v) is 12.6. The molecule has 2 heterocycles. The van der Waals surface area contributed by atoms with Crippen LogP contribution in [0.3, 0.4) is 0 Å². The number of ether oxygens (including phenoxy) is 1. The summed E-state index contributed by atoms with van der Waals surface area (Å²) in [6.45, 7) is 10.5. The van der Waals surface area contributed by atoms with Crippen molar-refractivity contribution in [2.24, 2.45) is 11.8 Å². The normalized spacial score (nSPS) is 17.4. The molecule has 1 fully saturated rings. The Morgan fingerprint density at radius 1 is 1.19 bits per heavy atom. The lowest BCUT2D eigenvalue weighted by Crippen LogP contribution is -2.57. The first kappa shape index (κ1) is 36.3. The zero-order valence-electron chi connectivity index (χ0n) is 26.8. The highest BCUT2D eigenvalue weighted by Crippen LogP contribution is 2.18. The largest absolute Gasteiger partial charge is 0.444 e. The van der Waals surface area contributed by atoms with Gasteiger partial charge in [-0.15, -0.1) is 11.3 Å². The van der Waals surface area contributed by atoms with Crippen LogP contribution in [0.2, 0.25) is 0 Å². The number of rotatable bonds is 18. The number of nitrogens with one attached hydrogen (secondary N) is 2. The van der Waals surface area contributed by atoms with Crippen molar-refractivity contribution in [2.45, 2.75) is 104 Å². The molecule has 12 heteroatoms. The van der Waals surface area contributed by atoms with Crippen molar-refractivity contribution in [1.29, 1.82) is 0 Å². The number of likely N-dealkylation sites (N-methyl/N-ethyl adjacent to an activating group) is 1. The van der Waals surface area contributed by atoms with E-state index in [1.54, 1.807) is 12.3 Å². The van der Waals surface area contributed by atoms with E-state index in [9.17, 15) is 24.0 Å². The summed E-state index contributed by atoms with van der Waals surface area (Å²) in [5, 5.41) is 8.29. The monoisotopic (exact) mass is 621 g/mol. The van der Waals surface area contributed by atoms with Gasteiger partial charge in [0.2, 0.25) is 11.8 Å². The van der Waals surface area contributed by atoms with Crippen molar-refractivity contribution in [1.82, 2.24) is 25.4 Å². The summed E-state index contributed by atoms with van der Waals surface area (Å²) in [6, 6.07) is -1.00. The summed E-state index contributed by atoms with van der Waals surface area (Å²) in [4.78, 5) is 71.1. The van der Waals surface area contributed by atoms with Crippen molar-refractivity contribution in [3.8, 4) is 0 Å². The molecule has 11 nitrogen and oxygen atoms in total. The summed E-state index contributed by atoms with van der Waals surface area (Å²) in [5.74, 6) is -1.21. The van der Waals surface area contributed by atoms with Crippen LogP contribution in [0.25, 0.3) is 0 Å². The van der Waals surface area contributed by atoms with E-state index in [2.05, 4.69) is 15.6 Å². The molecule has 1 aliphatic heterocycles. The molecular weight excluding hydrogens is 570 g/mol. The molecule has 43 heavy (non-hydrogen) atoms. The van der Waals surface area contributed by atoms with Gasteiger partial charge in [0.05, 0.1) is 11.0 Å². The van der Waals surface area contributed by atoms with Gasteiger partial charge in [-0.05, 0) is 58.5 Å². The maximum atomic E-state index is 13.9. The quantitative estimate of drug-likeness (QED) is 0.188. The van der Waals surface area contributed by atoms with Crippen LogP contribution >= 0.6 is 11.3 Å². The van der Waals surface area contributed by atoms with Crippen LogP contribution in [0.4, 0.5) is 0 Å². The molecule has 4 atom stereocenters. The number of Topliss-reactive ketones (excluding diaryl/α,β-unsaturated/α-hetero) is 1. The van der Waals surface area contributed by atoms with Crippen molar-refractivity contribution < 1.29 is 28.7 Å². The van der Waals surface area contributed by atoms with Gasteiger partial charge in [0.25, 0.3) is 5.91 Å². The number of carbonyl (C=O) groups is 5. The lowest BCUT2D eigenvalue weighted by molar-refractivity contribution is -0.155. The van der Waals surface area contributed by atoms with Crippen LogP contribution in [0.1, 0.15) is 101 Å². The summed E-state index contributed by atoms with van der Waals surface area (Å²) in [7, 11) is 1.94. The molecule has 0 aromatic carbocycles. The van der Waals surface area contributed by atoms with Gasteiger partial charge in [0.15, 0.2) is 6.73 Å². The van der Waals surface area contributed by atoms with Crippen LogP contribution in [0.15, 0.2) is 5.38 Å². The summed E-state index contributed by atoms with van der Waals surface area (Å²) in [5.41, 5.74) is 0.323. The molecule has 1 aliphatic rings. The number of aryl methyl sites for hydroxylation is 1. The molecule has 2 N–H and O–H groups in total. The molecule has 0 bridgehead atoms. The van der Waals surface area contributed by atoms with E-state index < -0.39 is 6.04 Å². The minimum Gasteiger partial charge on any atom is -0.444 e. The first-order chi connectivity index (χ1) is 20.5. The Morgan fingerprint density at radius 2 is 1.93 bits per heavy atom. The third-order valence-electron chi connectivity index (χ3n) is 8.16. The van der Waals surface area contributed by atoms with Crippen LogP contribution in [0, 0.1) is 11.8 Å². The molecule has 0 saturated carbocycles. The number of esters is 1. The standard InChI is InChI=1S/C31H51N5O6S/c1-7-12-27(38)42-20-36(31(41)28(21(3)8-2)34-30(40)25-13-9-10-17-35(25)6)18-11-14-26-33-24(19-43-26)29(39)32-16-15-22(4)23(5)37/h19,21-22,25,28H,7-18,20H2,1-6H3,(H,32,39)(H,34,40)/t21?,22?,25-,28?/m1/s1. The zero-order valence-corrected chi connectivity index (χ0v) is 27.6. The van der Waals surface area contributed by atoms with Crippen molar-refractivity contribution >= 4 is 40.8 Å². The highest BCUT2D eigenvalue weighted by atomic mass is 32.1. The summed E-state index contributed by atoms with van der Waals surface area (Å²) in [6.07, 6.45) is 6.02. The average Bonchev–Trinajstić information content (AvgIpc) is 3.46. The summed E-state index contributed by atoms with van der Waals surface area (Å²) >= 11 is 1.37. The number of thiazole rings is 1. The molecule has 1 aromatic rings. The van der Waals surface area contributed by atoms with Gasteiger partial charge in [-0.1, -0.05) is 40.5 Å². The smallest absolute Gasteiger partial charge is 0.307 e. The van der Waals surface area contributed by atoms with Gasteiger partial charge < -0.3 is 20.3 Å². The summed E-state index contributed by atoms with van der Waals surface area (Å²) < 4.78 is 5.43. The molecule has 1 aromatic heterocycles. The first-order valence-corrected chi connectivity index (χ1v) is 16.5. The predicted molar refractivity (Wildman–Crippen MR) is 166 cm³/mol. The van der Waals surface area contributed by atoms with E-state index in [0.29, 0.717) is 50.9 Å². The van der Waals surface area contributed by atoms with E-state index in [0.717, 1.165) is 30.8 Å². The highest BCUT2D eigenvalue weighted by molar-refractivity contribution is 7.09. The number of nitrogens with zero attached hydrogens (tertiary/aromatic N) is 3. The Morgan fingerprint density at radius 3 is 2.58 bits per heavy atom. The van der Waals surface area contributed by atoms with Crippen LogP contribution in [-0.4, -0.2) is 89.8 Å². The molecule has 1 saturated heterocycles. The fraction of sp³-hybridized carbons (Fsp3) is 0.742. The number of ketones is 1. The van der Waals surface area contributed by atoms with Crippen molar-refractivity contribution in [3.63, 3.8) is 0 Å². The SMILES string of the molecule is CCCC(=O)OCN(CCCc1nc(C(=O)NCCC(C)C(C)=O)cs1)C(=O)C(NC(=O)[C@H]1CCCCN1C)C(C)CC. The molecule has 0 spiro atoms. The van der Waals surface area contributed by atoms with Crippen LogP contribution in [0.5, 0.6) is 0 Å². The van der Waals surface area contributed by atoms with E-state index in [4.69, 9.17) is 4.74 Å². The van der Waals surface area contributed by atoms with E-state index in [1.165, 1.54) is 16.2 Å². The molecule has 242 valence electrons. The fourth-order valence-electron chi connectivity index (χ4n) is 4.85. The Hall–Kier alpha value is -2.86. The third kappa shape index (κ3) is 12.0. The van der Waals surface area contributed by atoms with E-state index in [-0.39, 0.29) is 60.5 Å². The topological polar surface area (TPSA) is 138 Å². The first-order valence-electron chi connectivity index (χ1n) is 15.7. The molecule has 3 unspecified atom stereocenters. The molecule has 0 aliphatic carbocycles. The number of hydrogen-bond acceptors (Lipinski definition) is 9. The minimum absolute atomic E-state index is 0.0903. The number of piperidine rings is 1.